The number of carbonyl (C=O) groups is 2. The van der Waals surface area contributed by atoms with Gasteiger partial charge >= 0.3 is 12.1 Å². The van der Waals surface area contributed by atoms with Crippen LogP contribution >= 0.6 is 0 Å². The summed E-state index contributed by atoms with van der Waals surface area (Å²) in [6.45, 7) is 6.85. The van der Waals surface area contributed by atoms with Gasteiger partial charge in [0, 0.05) is 6.54 Å². The molecule has 1 rings (SSSR count). The van der Waals surface area contributed by atoms with Crippen molar-refractivity contribution in [3.63, 3.8) is 0 Å². The minimum Gasteiger partial charge on any atom is -0.460 e. The molecule has 140 valence electrons. The summed E-state index contributed by atoms with van der Waals surface area (Å²) in [5.41, 5.74) is 0.400. The van der Waals surface area contributed by atoms with Crippen molar-refractivity contribution < 1.29 is 19.1 Å². The van der Waals surface area contributed by atoms with Crippen molar-refractivity contribution >= 4 is 12.1 Å². The summed E-state index contributed by atoms with van der Waals surface area (Å²) >= 11 is 0. The second-order valence-corrected chi connectivity index (χ2v) is 6.70. The Hall–Kier alpha value is -2.12. The monoisotopic (exact) mass is 351 g/mol. The molecule has 7 heteroatoms. The molecule has 0 aliphatic rings. The van der Waals surface area contributed by atoms with Gasteiger partial charge in [0.1, 0.15) is 12.2 Å². The van der Waals surface area contributed by atoms with E-state index in [1.807, 2.05) is 30.3 Å². The highest BCUT2D eigenvalue weighted by molar-refractivity contribution is 5.71. The summed E-state index contributed by atoms with van der Waals surface area (Å²) in [7, 11) is 0. The van der Waals surface area contributed by atoms with Crippen molar-refractivity contribution in [3.05, 3.63) is 35.9 Å². The largest absolute Gasteiger partial charge is 0.460 e. The molecule has 25 heavy (non-hydrogen) atoms. The fraction of sp³-hybridized carbons (Fsp3) is 0.556. The molecule has 1 aromatic rings. The molecule has 0 aromatic heterocycles. The summed E-state index contributed by atoms with van der Waals surface area (Å²) in [5, 5.41) is 4.08. The van der Waals surface area contributed by atoms with E-state index in [2.05, 4.69) is 5.32 Å². The van der Waals surface area contributed by atoms with Gasteiger partial charge in [0.2, 0.25) is 0 Å². The lowest BCUT2D eigenvalue weighted by molar-refractivity contribution is -0.143. The number of nitrogens with two attached hydrogens (primary N) is 1. The molecule has 0 saturated carbocycles. The second-order valence-electron chi connectivity index (χ2n) is 6.70. The number of ether oxygens (including phenoxy) is 2. The standard InChI is InChI=1S/C18H29N3O4/c1-18(2,3)25-17(23)21(19)12-8-7-11-20-13-16(22)24-14-15-9-5-4-6-10-15/h4-6,9-10,20H,7-8,11-14,19H2,1-3H3. The molecule has 0 fully saturated rings. The maximum atomic E-state index is 11.7. The summed E-state index contributed by atoms with van der Waals surface area (Å²) in [4.78, 5) is 23.3. The van der Waals surface area contributed by atoms with Gasteiger partial charge in [-0.15, -0.1) is 0 Å². The third-order valence-corrected chi connectivity index (χ3v) is 3.14. The van der Waals surface area contributed by atoms with Gasteiger partial charge in [-0.3, -0.25) is 4.79 Å². The van der Waals surface area contributed by atoms with Gasteiger partial charge in [0.05, 0.1) is 6.54 Å². The minimum absolute atomic E-state index is 0.158. The summed E-state index contributed by atoms with van der Waals surface area (Å²) < 4.78 is 10.3. The van der Waals surface area contributed by atoms with E-state index in [1.54, 1.807) is 20.8 Å². The Bertz CT molecular complexity index is 529. The average molecular weight is 351 g/mol. The lowest BCUT2D eigenvalue weighted by atomic mass is 10.2. The van der Waals surface area contributed by atoms with E-state index in [4.69, 9.17) is 15.3 Å². The maximum absolute atomic E-state index is 11.7. The Morgan fingerprint density at radius 3 is 2.48 bits per heavy atom. The molecule has 0 saturated heterocycles. The zero-order valence-electron chi connectivity index (χ0n) is 15.3. The summed E-state index contributed by atoms with van der Waals surface area (Å²) in [6.07, 6.45) is 0.953. The highest BCUT2D eigenvalue weighted by Crippen LogP contribution is 2.08. The molecule has 0 spiro atoms. The van der Waals surface area contributed by atoms with Crippen LogP contribution in [0.25, 0.3) is 0 Å². The lowest BCUT2D eigenvalue weighted by Gasteiger charge is -2.24. The molecule has 0 radical (unpaired) electrons. The van der Waals surface area contributed by atoms with Crippen LogP contribution in [0.1, 0.15) is 39.2 Å². The van der Waals surface area contributed by atoms with Gasteiger partial charge in [-0.25, -0.2) is 15.6 Å². The van der Waals surface area contributed by atoms with Crippen LogP contribution < -0.4 is 11.2 Å². The average Bonchev–Trinajstić information content (AvgIpc) is 2.55. The molecule has 1 aromatic carbocycles. The number of esters is 1. The van der Waals surface area contributed by atoms with E-state index in [0.29, 0.717) is 19.5 Å². The normalized spacial score (nSPS) is 11.0. The van der Waals surface area contributed by atoms with Gasteiger partial charge in [-0.2, -0.15) is 0 Å². The van der Waals surface area contributed by atoms with Crippen molar-refractivity contribution in [3.8, 4) is 0 Å². The lowest BCUT2D eigenvalue weighted by Crippen LogP contribution is -2.42. The minimum atomic E-state index is -0.559. The van der Waals surface area contributed by atoms with Crippen molar-refractivity contribution in [1.82, 2.24) is 10.3 Å². The molecule has 0 bridgehead atoms. The molecule has 0 aliphatic carbocycles. The Balaban J connectivity index is 2.04. The SMILES string of the molecule is CC(C)(C)OC(=O)N(N)CCCCNCC(=O)OCc1ccccc1. The fourth-order valence-electron chi connectivity index (χ4n) is 1.92. The van der Waals surface area contributed by atoms with E-state index < -0.39 is 11.7 Å². The van der Waals surface area contributed by atoms with Crippen molar-refractivity contribution in [2.45, 2.75) is 45.8 Å². The highest BCUT2D eigenvalue weighted by atomic mass is 16.6. The fourth-order valence-corrected chi connectivity index (χ4v) is 1.92. The predicted molar refractivity (Wildman–Crippen MR) is 95.5 cm³/mol. The number of carbonyl (C=O) groups excluding carboxylic acids is 2. The van der Waals surface area contributed by atoms with Gasteiger partial charge in [-0.05, 0) is 45.7 Å². The molecule has 7 nitrogen and oxygen atoms in total. The van der Waals surface area contributed by atoms with Crippen LogP contribution in [0.4, 0.5) is 4.79 Å². The number of rotatable bonds is 9. The molecule has 1 amide bonds. The van der Waals surface area contributed by atoms with Crippen LogP contribution in [0, 0.1) is 0 Å². The quantitative estimate of drug-likeness (QED) is 0.233. The molecule has 3 N–H and O–H groups in total. The van der Waals surface area contributed by atoms with Gasteiger partial charge in [0.15, 0.2) is 0 Å². The Morgan fingerprint density at radius 1 is 1.16 bits per heavy atom. The first-order valence-corrected chi connectivity index (χ1v) is 8.43. The topological polar surface area (TPSA) is 93.9 Å². The Labute approximate surface area is 149 Å². The number of nitrogens with one attached hydrogen (secondary N) is 1. The van der Waals surface area contributed by atoms with E-state index in [-0.39, 0.29) is 19.1 Å². The Kier molecular flexibility index (Phi) is 8.94. The van der Waals surface area contributed by atoms with E-state index in [0.717, 1.165) is 17.0 Å². The number of nitrogens with zero attached hydrogens (tertiary/aromatic N) is 1. The van der Waals surface area contributed by atoms with Crippen molar-refractivity contribution in [2.24, 2.45) is 5.84 Å². The number of hydrazine groups is 1. The smallest absolute Gasteiger partial charge is 0.424 e. The number of unbranched alkanes of at least 4 members (excludes halogenated alkanes) is 1. The molecule has 0 heterocycles. The van der Waals surface area contributed by atoms with Gasteiger partial charge in [0.25, 0.3) is 0 Å². The third-order valence-electron chi connectivity index (χ3n) is 3.14. The first-order valence-electron chi connectivity index (χ1n) is 8.43. The van der Waals surface area contributed by atoms with Crippen molar-refractivity contribution in [1.29, 1.82) is 0 Å². The van der Waals surface area contributed by atoms with Crippen LogP contribution in [0.15, 0.2) is 30.3 Å². The van der Waals surface area contributed by atoms with Crippen molar-refractivity contribution in [2.75, 3.05) is 19.6 Å². The van der Waals surface area contributed by atoms with E-state index in [9.17, 15) is 9.59 Å². The zero-order valence-corrected chi connectivity index (χ0v) is 15.3. The number of hydrogen-bond acceptors (Lipinski definition) is 6. The van der Waals surface area contributed by atoms with Crippen LogP contribution in [0.2, 0.25) is 0 Å². The van der Waals surface area contributed by atoms with Crippen LogP contribution in [0.5, 0.6) is 0 Å². The first-order chi connectivity index (χ1) is 11.8. The molecule has 0 unspecified atom stereocenters. The number of benzene rings is 1. The predicted octanol–water partition coefficient (Wildman–Crippen LogP) is 2.21. The molecular formula is C18H29N3O4. The number of amides is 1. The van der Waals surface area contributed by atoms with E-state index in [1.165, 1.54) is 0 Å². The van der Waals surface area contributed by atoms with Gasteiger partial charge < -0.3 is 14.8 Å². The molecule has 0 atom stereocenters. The zero-order chi connectivity index (χ0) is 18.7. The number of hydrogen-bond donors (Lipinski definition) is 2. The summed E-state index contributed by atoms with van der Waals surface area (Å²) in [5.74, 6) is 5.35. The maximum Gasteiger partial charge on any atom is 0.424 e. The summed E-state index contributed by atoms with van der Waals surface area (Å²) in [6, 6.07) is 9.53. The van der Waals surface area contributed by atoms with Crippen LogP contribution in [-0.4, -0.2) is 42.3 Å². The third kappa shape index (κ3) is 10.4. The molecular weight excluding hydrogens is 322 g/mol. The van der Waals surface area contributed by atoms with Crippen LogP contribution in [0.3, 0.4) is 0 Å². The van der Waals surface area contributed by atoms with E-state index >= 15 is 0 Å². The second kappa shape index (κ2) is 10.7. The first kappa shape index (κ1) is 20.9. The Morgan fingerprint density at radius 2 is 1.84 bits per heavy atom. The van der Waals surface area contributed by atoms with Crippen LogP contribution in [-0.2, 0) is 20.9 Å². The molecule has 0 aliphatic heterocycles. The van der Waals surface area contributed by atoms with Gasteiger partial charge in [-0.1, -0.05) is 30.3 Å². The highest BCUT2D eigenvalue weighted by Gasteiger charge is 2.19.